The van der Waals surface area contributed by atoms with Gasteiger partial charge in [0.15, 0.2) is 0 Å². The maximum absolute atomic E-state index is 5.60. The van der Waals surface area contributed by atoms with Crippen LogP contribution in [0.2, 0.25) is 0 Å². The van der Waals surface area contributed by atoms with Crippen LogP contribution in [-0.4, -0.2) is 38.1 Å². The van der Waals surface area contributed by atoms with E-state index in [0.29, 0.717) is 6.54 Å². The number of nitrogens with two attached hydrogens (primary N) is 1. The molecule has 4 heteroatoms. The lowest BCUT2D eigenvalue weighted by molar-refractivity contribution is 0.360. The number of hydrogen-bond donors (Lipinski definition) is 1. The van der Waals surface area contributed by atoms with E-state index >= 15 is 0 Å². The van der Waals surface area contributed by atoms with E-state index in [1.807, 2.05) is 0 Å². The van der Waals surface area contributed by atoms with Crippen LogP contribution in [0.25, 0.3) is 0 Å². The Bertz CT molecular complexity index is 326. The molecule has 2 N–H and O–H groups in total. The summed E-state index contributed by atoms with van der Waals surface area (Å²) in [6.07, 6.45) is 1.25. The van der Waals surface area contributed by atoms with Crippen molar-refractivity contribution in [1.29, 1.82) is 0 Å². The molecule has 1 aliphatic rings. The van der Waals surface area contributed by atoms with Crippen molar-refractivity contribution in [2.45, 2.75) is 13.0 Å². The second-order valence-electron chi connectivity index (χ2n) is 4.51. The highest BCUT2D eigenvalue weighted by molar-refractivity contribution is 5.85. The zero-order valence-corrected chi connectivity index (χ0v) is 11.2. The van der Waals surface area contributed by atoms with Crippen molar-refractivity contribution in [2.24, 2.45) is 5.73 Å². The van der Waals surface area contributed by atoms with Gasteiger partial charge >= 0.3 is 0 Å². The van der Waals surface area contributed by atoms with Crippen LogP contribution in [-0.2, 0) is 6.54 Å². The lowest BCUT2D eigenvalue weighted by Gasteiger charge is -2.22. The Hall–Kier alpha value is -0.770. The number of halogens is 1. The smallest absolute Gasteiger partial charge is 0.0366 e. The van der Waals surface area contributed by atoms with Gasteiger partial charge in [-0.1, -0.05) is 12.1 Å². The monoisotopic (exact) mass is 255 g/mol. The van der Waals surface area contributed by atoms with Crippen molar-refractivity contribution >= 4 is 18.1 Å². The fourth-order valence-corrected chi connectivity index (χ4v) is 2.15. The average Bonchev–Trinajstić information content (AvgIpc) is 2.54. The van der Waals surface area contributed by atoms with Crippen LogP contribution in [0, 0.1) is 0 Å². The molecule has 0 amide bonds. The van der Waals surface area contributed by atoms with Gasteiger partial charge in [-0.3, -0.25) is 0 Å². The number of nitrogens with zero attached hydrogens (tertiary/aromatic N) is 2. The van der Waals surface area contributed by atoms with Crippen molar-refractivity contribution < 1.29 is 0 Å². The van der Waals surface area contributed by atoms with E-state index in [0.717, 1.165) is 19.6 Å². The molecule has 0 spiro atoms. The van der Waals surface area contributed by atoms with Gasteiger partial charge in [-0.05, 0) is 37.7 Å². The molecule has 0 bridgehead atoms. The van der Waals surface area contributed by atoms with Gasteiger partial charge in [0, 0.05) is 31.9 Å². The molecule has 1 aliphatic heterocycles. The normalized spacial score (nSPS) is 17.4. The van der Waals surface area contributed by atoms with Crippen LogP contribution in [0.5, 0.6) is 0 Å². The highest BCUT2D eigenvalue weighted by Crippen LogP contribution is 2.16. The third-order valence-electron chi connectivity index (χ3n) is 3.26. The fourth-order valence-electron chi connectivity index (χ4n) is 2.15. The molecule has 1 heterocycles. The molecule has 0 radical (unpaired) electrons. The third kappa shape index (κ3) is 3.87. The highest BCUT2D eigenvalue weighted by Gasteiger charge is 2.11. The number of rotatable bonds is 2. The summed E-state index contributed by atoms with van der Waals surface area (Å²) in [5, 5.41) is 0. The summed E-state index contributed by atoms with van der Waals surface area (Å²) in [5.74, 6) is 0. The van der Waals surface area contributed by atoms with Gasteiger partial charge in [-0.2, -0.15) is 0 Å². The summed E-state index contributed by atoms with van der Waals surface area (Å²) < 4.78 is 0. The predicted molar refractivity (Wildman–Crippen MR) is 75.9 cm³/mol. The largest absolute Gasteiger partial charge is 0.370 e. The quantitative estimate of drug-likeness (QED) is 0.873. The first-order valence-electron chi connectivity index (χ1n) is 6.02. The van der Waals surface area contributed by atoms with Crippen LogP contribution < -0.4 is 10.6 Å². The Morgan fingerprint density at radius 1 is 1.06 bits per heavy atom. The molecule has 0 atom stereocenters. The van der Waals surface area contributed by atoms with Gasteiger partial charge < -0.3 is 15.5 Å². The summed E-state index contributed by atoms with van der Waals surface area (Å²) in [6, 6.07) is 8.63. The molecule has 0 aliphatic carbocycles. The molecule has 0 unspecified atom stereocenters. The van der Waals surface area contributed by atoms with Gasteiger partial charge in [0.1, 0.15) is 0 Å². The molecule has 3 nitrogen and oxygen atoms in total. The number of likely N-dealkylation sites (N-methyl/N-ethyl adjacent to an activating group) is 1. The molecular weight excluding hydrogens is 234 g/mol. The van der Waals surface area contributed by atoms with Gasteiger partial charge in [0.25, 0.3) is 0 Å². The zero-order chi connectivity index (χ0) is 11.4. The SMILES string of the molecule is CN1CCCN(c2ccc(CN)cc2)CC1.Cl. The van der Waals surface area contributed by atoms with Crippen LogP contribution in [0.15, 0.2) is 24.3 Å². The Morgan fingerprint density at radius 2 is 1.76 bits per heavy atom. The van der Waals surface area contributed by atoms with Gasteiger partial charge in [0.2, 0.25) is 0 Å². The first-order valence-corrected chi connectivity index (χ1v) is 6.02. The Labute approximate surface area is 110 Å². The standard InChI is InChI=1S/C13H21N3.ClH/c1-15-7-2-8-16(10-9-15)13-5-3-12(11-14)4-6-13;/h3-6H,2,7-11,14H2,1H3;1H. The molecule has 2 rings (SSSR count). The topological polar surface area (TPSA) is 32.5 Å². The number of benzene rings is 1. The van der Waals surface area contributed by atoms with Crippen molar-refractivity contribution in [2.75, 3.05) is 38.1 Å². The molecular formula is C13H22ClN3. The van der Waals surface area contributed by atoms with Crippen molar-refractivity contribution in [3.8, 4) is 0 Å². The third-order valence-corrected chi connectivity index (χ3v) is 3.26. The second kappa shape index (κ2) is 6.84. The van der Waals surface area contributed by atoms with Crippen molar-refractivity contribution in [3.63, 3.8) is 0 Å². The zero-order valence-electron chi connectivity index (χ0n) is 10.4. The molecule has 0 saturated carbocycles. The van der Waals surface area contributed by atoms with E-state index in [-0.39, 0.29) is 12.4 Å². The van der Waals surface area contributed by atoms with Gasteiger partial charge in [-0.25, -0.2) is 0 Å². The van der Waals surface area contributed by atoms with E-state index < -0.39 is 0 Å². The van der Waals surface area contributed by atoms with E-state index in [9.17, 15) is 0 Å². The van der Waals surface area contributed by atoms with E-state index in [4.69, 9.17) is 5.73 Å². The maximum atomic E-state index is 5.60. The van der Waals surface area contributed by atoms with Crippen LogP contribution in [0.1, 0.15) is 12.0 Å². The van der Waals surface area contributed by atoms with Crippen LogP contribution in [0.4, 0.5) is 5.69 Å². The molecule has 1 saturated heterocycles. The summed E-state index contributed by atoms with van der Waals surface area (Å²) in [5.41, 5.74) is 8.13. The van der Waals surface area contributed by atoms with Crippen molar-refractivity contribution in [1.82, 2.24) is 4.90 Å². The number of hydrogen-bond acceptors (Lipinski definition) is 3. The summed E-state index contributed by atoms with van der Waals surface area (Å²) >= 11 is 0. The Kier molecular flexibility index (Phi) is 5.75. The van der Waals surface area contributed by atoms with Crippen LogP contribution >= 0.6 is 12.4 Å². The minimum absolute atomic E-state index is 0. The first kappa shape index (κ1) is 14.3. The minimum Gasteiger partial charge on any atom is -0.370 e. The second-order valence-corrected chi connectivity index (χ2v) is 4.51. The van der Waals surface area contributed by atoms with Crippen molar-refractivity contribution in [3.05, 3.63) is 29.8 Å². The summed E-state index contributed by atoms with van der Waals surface area (Å²) in [7, 11) is 2.20. The lowest BCUT2D eigenvalue weighted by Crippen LogP contribution is -2.28. The maximum Gasteiger partial charge on any atom is 0.0366 e. The lowest BCUT2D eigenvalue weighted by atomic mass is 10.2. The highest BCUT2D eigenvalue weighted by atomic mass is 35.5. The van der Waals surface area contributed by atoms with E-state index in [2.05, 4.69) is 41.1 Å². The molecule has 0 aromatic heterocycles. The Morgan fingerprint density at radius 3 is 2.41 bits per heavy atom. The molecule has 1 aromatic rings. The summed E-state index contributed by atoms with van der Waals surface area (Å²) in [4.78, 5) is 4.86. The fraction of sp³-hybridized carbons (Fsp3) is 0.538. The Balaban J connectivity index is 0.00000144. The van der Waals surface area contributed by atoms with Gasteiger partial charge in [0.05, 0.1) is 0 Å². The molecule has 1 fully saturated rings. The molecule has 96 valence electrons. The predicted octanol–water partition coefficient (Wildman–Crippen LogP) is 1.71. The van der Waals surface area contributed by atoms with E-state index in [1.165, 1.54) is 24.2 Å². The molecule has 17 heavy (non-hydrogen) atoms. The van der Waals surface area contributed by atoms with Gasteiger partial charge in [-0.15, -0.1) is 12.4 Å². The average molecular weight is 256 g/mol. The molecule has 1 aromatic carbocycles. The minimum atomic E-state index is 0. The van der Waals surface area contributed by atoms with E-state index in [1.54, 1.807) is 0 Å². The van der Waals surface area contributed by atoms with Crippen LogP contribution in [0.3, 0.4) is 0 Å². The first-order chi connectivity index (χ1) is 7.79. The number of anilines is 1. The summed E-state index contributed by atoms with van der Waals surface area (Å²) in [6.45, 7) is 5.27.